The molecule has 1 unspecified atom stereocenters. The Labute approximate surface area is 113 Å². The van der Waals surface area contributed by atoms with E-state index < -0.39 is 15.1 Å². The molecule has 2 rings (SSSR count). The van der Waals surface area contributed by atoms with Crippen LogP contribution in [0.5, 0.6) is 0 Å². The summed E-state index contributed by atoms with van der Waals surface area (Å²) in [6.07, 6.45) is 3.67. The highest BCUT2D eigenvalue weighted by molar-refractivity contribution is 7.90. The van der Waals surface area contributed by atoms with Crippen LogP contribution < -0.4 is 5.32 Å². The van der Waals surface area contributed by atoms with Crippen LogP contribution in [0.25, 0.3) is 6.08 Å². The molecule has 102 valence electrons. The number of sulfone groups is 1. The first-order valence-corrected chi connectivity index (χ1v) is 8.05. The molecule has 0 fully saturated rings. The molecule has 4 nitrogen and oxygen atoms in total. The molecule has 0 saturated heterocycles. The number of rotatable bonds is 3. The maximum Gasteiger partial charge on any atom is 0.217 e. The minimum atomic E-state index is -3.16. The minimum absolute atomic E-state index is 0.115. The fraction of sp³-hybridized carbons (Fsp3) is 0.357. The second-order valence-corrected chi connectivity index (χ2v) is 7.09. The standard InChI is InChI=1S/C14H17NO3S/c1-10(16)15-9-11-7-12-5-3-4-6-13(12)14(8-11)19(2,17)18/h3-7,14H,8-9H2,1-2H3,(H,15,16). The third-order valence-corrected chi connectivity index (χ3v) is 4.69. The Morgan fingerprint density at radius 1 is 1.37 bits per heavy atom. The van der Waals surface area contributed by atoms with Crippen LogP contribution in [0.15, 0.2) is 29.8 Å². The Balaban J connectivity index is 2.37. The van der Waals surface area contributed by atoms with Crippen LogP contribution >= 0.6 is 0 Å². The number of hydrogen-bond acceptors (Lipinski definition) is 3. The summed E-state index contributed by atoms with van der Waals surface area (Å²) in [6.45, 7) is 1.85. The fourth-order valence-corrected chi connectivity index (χ4v) is 3.50. The molecule has 1 N–H and O–H groups in total. The van der Waals surface area contributed by atoms with Gasteiger partial charge in [0.15, 0.2) is 9.84 Å². The first kappa shape index (κ1) is 13.8. The Bertz CT molecular complexity index is 632. The van der Waals surface area contributed by atoms with Crippen LogP contribution in [0.3, 0.4) is 0 Å². The van der Waals surface area contributed by atoms with Crippen molar-refractivity contribution in [2.24, 2.45) is 0 Å². The van der Waals surface area contributed by atoms with Crippen molar-refractivity contribution in [1.29, 1.82) is 0 Å². The summed E-state index contributed by atoms with van der Waals surface area (Å²) >= 11 is 0. The van der Waals surface area contributed by atoms with Gasteiger partial charge in [-0.15, -0.1) is 0 Å². The van der Waals surface area contributed by atoms with E-state index in [9.17, 15) is 13.2 Å². The third-order valence-electron chi connectivity index (χ3n) is 3.23. The molecule has 0 saturated carbocycles. The normalized spacial score (nSPS) is 18.4. The molecule has 0 radical (unpaired) electrons. The monoisotopic (exact) mass is 279 g/mol. The van der Waals surface area contributed by atoms with Crippen molar-refractivity contribution >= 4 is 21.8 Å². The zero-order valence-electron chi connectivity index (χ0n) is 11.0. The number of fused-ring (bicyclic) bond motifs is 1. The molecule has 0 aliphatic heterocycles. The lowest BCUT2D eigenvalue weighted by Gasteiger charge is -2.24. The van der Waals surface area contributed by atoms with Crippen molar-refractivity contribution in [3.05, 3.63) is 41.0 Å². The van der Waals surface area contributed by atoms with E-state index in [0.717, 1.165) is 16.7 Å². The van der Waals surface area contributed by atoms with E-state index in [-0.39, 0.29) is 5.91 Å². The van der Waals surface area contributed by atoms with E-state index in [1.807, 2.05) is 30.3 Å². The lowest BCUT2D eigenvalue weighted by Crippen LogP contribution is -2.25. The van der Waals surface area contributed by atoms with Crippen LogP contribution in [0, 0.1) is 0 Å². The molecule has 1 atom stereocenters. The summed E-state index contributed by atoms with van der Waals surface area (Å²) in [5.74, 6) is -0.115. The van der Waals surface area contributed by atoms with Crippen molar-refractivity contribution in [3.8, 4) is 0 Å². The number of amides is 1. The van der Waals surface area contributed by atoms with Crippen LogP contribution in [-0.4, -0.2) is 27.1 Å². The highest BCUT2D eigenvalue weighted by Crippen LogP contribution is 2.36. The van der Waals surface area contributed by atoms with Gasteiger partial charge in [-0.05, 0) is 23.1 Å². The molecular formula is C14H17NO3S. The lowest BCUT2D eigenvalue weighted by molar-refractivity contribution is -0.118. The molecule has 1 aromatic rings. The number of carbonyl (C=O) groups excluding carboxylic acids is 1. The number of nitrogens with one attached hydrogen (secondary N) is 1. The summed E-state index contributed by atoms with van der Waals surface area (Å²) in [7, 11) is -3.16. The van der Waals surface area contributed by atoms with Crippen molar-refractivity contribution in [3.63, 3.8) is 0 Å². The van der Waals surface area contributed by atoms with Crippen LogP contribution in [0.2, 0.25) is 0 Å². The van der Waals surface area contributed by atoms with Crippen molar-refractivity contribution in [2.75, 3.05) is 12.8 Å². The van der Waals surface area contributed by atoms with E-state index in [1.165, 1.54) is 13.2 Å². The predicted molar refractivity (Wildman–Crippen MR) is 75.3 cm³/mol. The van der Waals surface area contributed by atoms with Crippen molar-refractivity contribution in [2.45, 2.75) is 18.6 Å². The molecule has 19 heavy (non-hydrogen) atoms. The van der Waals surface area contributed by atoms with Crippen molar-refractivity contribution < 1.29 is 13.2 Å². The van der Waals surface area contributed by atoms with E-state index in [1.54, 1.807) is 0 Å². The largest absolute Gasteiger partial charge is 0.353 e. The van der Waals surface area contributed by atoms with Gasteiger partial charge in [0.1, 0.15) is 0 Å². The summed E-state index contributed by atoms with van der Waals surface area (Å²) < 4.78 is 23.8. The zero-order chi connectivity index (χ0) is 14.0. The van der Waals surface area contributed by atoms with Gasteiger partial charge in [0.25, 0.3) is 0 Å². The molecule has 1 aromatic carbocycles. The summed E-state index contributed by atoms with van der Waals surface area (Å²) in [4.78, 5) is 11.0. The highest BCUT2D eigenvalue weighted by atomic mass is 32.2. The van der Waals surface area contributed by atoms with Crippen LogP contribution in [0.4, 0.5) is 0 Å². The van der Waals surface area contributed by atoms with Gasteiger partial charge < -0.3 is 5.32 Å². The van der Waals surface area contributed by atoms with Gasteiger partial charge in [-0.2, -0.15) is 0 Å². The van der Waals surface area contributed by atoms with Gasteiger partial charge in [0.05, 0.1) is 5.25 Å². The summed E-state index contributed by atoms with van der Waals surface area (Å²) in [5, 5.41) is 2.20. The Morgan fingerprint density at radius 3 is 2.68 bits per heavy atom. The van der Waals surface area contributed by atoms with E-state index >= 15 is 0 Å². The number of hydrogen-bond donors (Lipinski definition) is 1. The molecule has 1 aliphatic carbocycles. The Kier molecular flexibility index (Phi) is 3.75. The molecule has 1 aliphatic rings. The predicted octanol–water partition coefficient (Wildman–Crippen LogP) is 1.70. The smallest absolute Gasteiger partial charge is 0.217 e. The quantitative estimate of drug-likeness (QED) is 0.916. The third kappa shape index (κ3) is 3.23. The Morgan fingerprint density at radius 2 is 2.05 bits per heavy atom. The average Bonchev–Trinajstić information content (AvgIpc) is 2.34. The molecular weight excluding hydrogens is 262 g/mol. The van der Waals surface area contributed by atoms with E-state index in [4.69, 9.17) is 0 Å². The number of carbonyl (C=O) groups is 1. The Hall–Kier alpha value is -1.62. The molecule has 1 amide bonds. The minimum Gasteiger partial charge on any atom is -0.353 e. The van der Waals surface area contributed by atoms with Gasteiger partial charge in [-0.25, -0.2) is 8.42 Å². The van der Waals surface area contributed by atoms with Gasteiger partial charge in [-0.1, -0.05) is 30.3 Å². The molecule has 0 spiro atoms. The molecule has 0 bridgehead atoms. The SMILES string of the molecule is CC(=O)NCC1=Cc2ccccc2C(S(C)(=O)=O)C1. The second kappa shape index (κ2) is 5.17. The summed E-state index contributed by atoms with van der Waals surface area (Å²) in [5.41, 5.74) is 2.70. The van der Waals surface area contributed by atoms with Crippen molar-refractivity contribution in [1.82, 2.24) is 5.32 Å². The molecule has 0 aromatic heterocycles. The van der Waals surface area contributed by atoms with E-state index in [2.05, 4.69) is 5.32 Å². The van der Waals surface area contributed by atoms with Gasteiger partial charge in [0, 0.05) is 19.7 Å². The molecule has 0 heterocycles. The summed E-state index contributed by atoms with van der Waals surface area (Å²) in [6, 6.07) is 7.49. The van der Waals surface area contributed by atoms with E-state index in [0.29, 0.717) is 13.0 Å². The maximum atomic E-state index is 11.9. The van der Waals surface area contributed by atoms with Gasteiger partial charge in [0.2, 0.25) is 5.91 Å². The number of benzene rings is 1. The average molecular weight is 279 g/mol. The first-order valence-electron chi connectivity index (χ1n) is 6.09. The van der Waals surface area contributed by atoms with Crippen LogP contribution in [-0.2, 0) is 14.6 Å². The first-order chi connectivity index (χ1) is 8.88. The van der Waals surface area contributed by atoms with Gasteiger partial charge in [-0.3, -0.25) is 4.79 Å². The second-order valence-electron chi connectivity index (χ2n) is 4.86. The van der Waals surface area contributed by atoms with Gasteiger partial charge >= 0.3 is 0 Å². The van der Waals surface area contributed by atoms with Crippen LogP contribution in [0.1, 0.15) is 29.7 Å². The fourth-order valence-electron chi connectivity index (χ4n) is 2.31. The molecule has 5 heteroatoms. The zero-order valence-corrected chi connectivity index (χ0v) is 11.8. The highest BCUT2D eigenvalue weighted by Gasteiger charge is 2.28. The lowest BCUT2D eigenvalue weighted by atomic mass is 9.92. The maximum absolute atomic E-state index is 11.9. The topological polar surface area (TPSA) is 63.2 Å².